The lowest BCUT2D eigenvalue weighted by Crippen LogP contribution is -2.28. The zero-order valence-electron chi connectivity index (χ0n) is 11.0. The third kappa shape index (κ3) is 3.77. The molecule has 1 N–H and O–H groups in total. The van der Waals surface area contributed by atoms with Crippen LogP contribution < -0.4 is 5.32 Å². The molecule has 0 amide bonds. The van der Waals surface area contributed by atoms with Crippen LogP contribution >= 0.6 is 0 Å². The van der Waals surface area contributed by atoms with Gasteiger partial charge in [-0.15, -0.1) is 6.42 Å². The SMILES string of the molecule is C#CCN(C)S(=O)(=O)c1cc(CNCC)ccc1F. The lowest BCUT2D eigenvalue weighted by Gasteiger charge is -2.15. The van der Waals surface area contributed by atoms with Crippen LogP contribution in [0.4, 0.5) is 4.39 Å². The Bertz CT molecular complexity index is 579. The topological polar surface area (TPSA) is 49.4 Å². The molecule has 0 bridgehead atoms. The third-order valence-corrected chi connectivity index (χ3v) is 4.40. The van der Waals surface area contributed by atoms with E-state index in [2.05, 4.69) is 11.2 Å². The highest BCUT2D eigenvalue weighted by Crippen LogP contribution is 2.19. The van der Waals surface area contributed by atoms with Crippen LogP contribution in [0.1, 0.15) is 12.5 Å². The number of hydrogen-bond acceptors (Lipinski definition) is 3. The molecule has 0 aliphatic rings. The van der Waals surface area contributed by atoms with Crippen LogP contribution in [0, 0.1) is 18.2 Å². The van der Waals surface area contributed by atoms with E-state index in [1.807, 2.05) is 6.92 Å². The van der Waals surface area contributed by atoms with Gasteiger partial charge in [-0.25, -0.2) is 12.8 Å². The van der Waals surface area contributed by atoms with Crippen molar-refractivity contribution in [3.8, 4) is 12.3 Å². The summed E-state index contributed by atoms with van der Waals surface area (Å²) in [7, 11) is -2.57. The summed E-state index contributed by atoms with van der Waals surface area (Å²) in [6.45, 7) is 3.07. The molecular weight excluding hydrogens is 267 g/mol. The molecule has 0 atom stereocenters. The number of nitrogens with zero attached hydrogens (tertiary/aromatic N) is 1. The van der Waals surface area contributed by atoms with Gasteiger partial charge in [0.15, 0.2) is 0 Å². The highest BCUT2D eigenvalue weighted by atomic mass is 32.2. The number of nitrogens with one attached hydrogen (secondary N) is 1. The molecule has 0 aromatic heterocycles. The smallest absolute Gasteiger partial charge is 0.246 e. The number of sulfonamides is 1. The lowest BCUT2D eigenvalue weighted by atomic mass is 10.2. The molecule has 0 unspecified atom stereocenters. The molecule has 6 heteroatoms. The van der Waals surface area contributed by atoms with Gasteiger partial charge in [-0.1, -0.05) is 18.9 Å². The maximum absolute atomic E-state index is 13.7. The van der Waals surface area contributed by atoms with E-state index in [1.54, 1.807) is 6.07 Å². The van der Waals surface area contributed by atoms with Gasteiger partial charge in [0.1, 0.15) is 10.7 Å². The van der Waals surface area contributed by atoms with E-state index >= 15 is 0 Å². The number of terminal acetylenes is 1. The average molecular weight is 284 g/mol. The highest BCUT2D eigenvalue weighted by Gasteiger charge is 2.24. The molecule has 104 valence electrons. The Labute approximate surface area is 113 Å². The Kier molecular flexibility index (Phi) is 5.48. The molecule has 0 spiro atoms. The van der Waals surface area contributed by atoms with Crippen molar-refractivity contribution >= 4 is 10.0 Å². The number of halogens is 1. The van der Waals surface area contributed by atoms with Crippen molar-refractivity contribution in [1.82, 2.24) is 9.62 Å². The zero-order valence-corrected chi connectivity index (χ0v) is 11.8. The molecule has 0 saturated heterocycles. The first-order valence-corrected chi connectivity index (χ1v) is 7.26. The Balaban J connectivity index is 3.15. The number of rotatable bonds is 6. The highest BCUT2D eigenvalue weighted by molar-refractivity contribution is 7.89. The van der Waals surface area contributed by atoms with Gasteiger partial charge in [0.2, 0.25) is 10.0 Å². The van der Waals surface area contributed by atoms with Gasteiger partial charge >= 0.3 is 0 Å². The monoisotopic (exact) mass is 284 g/mol. The van der Waals surface area contributed by atoms with Crippen LogP contribution in [0.25, 0.3) is 0 Å². The van der Waals surface area contributed by atoms with E-state index in [4.69, 9.17) is 6.42 Å². The van der Waals surface area contributed by atoms with Crippen LogP contribution in [0.15, 0.2) is 23.1 Å². The first kappa shape index (κ1) is 15.6. The van der Waals surface area contributed by atoms with E-state index in [1.165, 1.54) is 13.1 Å². The summed E-state index contributed by atoms with van der Waals surface area (Å²) < 4.78 is 38.9. The second-order valence-corrected chi connectivity index (χ2v) is 6.02. The summed E-state index contributed by atoms with van der Waals surface area (Å²) >= 11 is 0. The molecule has 1 rings (SSSR count). The molecule has 0 saturated carbocycles. The zero-order chi connectivity index (χ0) is 14.5. The summed E-state index contributed by atoms with van der Waals surface area (Å²) in [6.07, 6.45) is 5.08. The van der Waals surface area contributed by atoms with Crippen molar-refractivity contribution in [3.63, 3.8) is 0 Å². The minimum atomic E-state index is -3.89. The first-order chi connectivity index (χ1) is 8.93. The predicted molar refractivity (Wildman–Crippen MR) is 72.4 cm³/mol. The fourth-order valence-electron chi connectivity index (χ4n) is 1.51. The number of hydrogen-bond donors (Lipinski definition) is 1. The van der Waals surface area contributed by atoms with E-state index in [-0.39, 0.29) is 11.4 Å². The second kappa shape index (κ2) is 6.66. The maximum atomic E-state index is 13.7. The van der Waals surface area contributed by atoms with Crippen LogP contribution in [0.5, 0.6) is 0 Å². The van der Waals surface area contributed by atoms with Crippen LogP contribution in [-0.4, -0.2) is 32.9 Å². The van der Waals surface area contributed by atoms with Crippen molar-refractivity contribution in [2.45, 2.75) is 18.4 Å². The van der Waals surface area contributed by atoms with E-state index in [0.29, 0.717) is 12.1 Å². The van der Waals surface area contributed by atoms with Crippen molar-refractivity contribution in [2.75, 3.05) is 20.1 Å². The minimum absolute atomic E-state index is 0.0980. The summed E-state index contributed by atoms with van der Waals surface area (Å²) in [6, 6.07) is 4.04. The molecule has 0 radical (unpaired) electrons. The van der Waals surface area contributed by atoms with E-state index in [0.717, 1.165) is 16.9 Å². The summed E-state index contributed by atoms with van der Waals surface area (Å²) in [5, 5.41) is 3.05. The van der Waals surface area contributed by atoms with Crippen molar-refractivity contribution in [3.05, 3.63) is 29.6 Å². The Hall–Kier alpha value is -1.42. The lowest BCUT2D eigenvalue weighted by molar-refractivity contribution is 0.492. The predicted octanol–water partition coefficient (Wildman–Crippen LogP) is 1.19. The van der Waals surface area contributed by atoms with Crippen LogP contribution in [-0.2, 0) is 16.6 Å². The van der Waals surface area contributed by atoms with Crippen molar-refractivity contribution in [2.24, 2.45) is 0 Å². The Morgan fingerprint density at radius 1 is 1.47 bits per heavy atom. The van der Waals surface area contributed by atoms with E-state index in [9.17, 15) is 12.8 Å². The van der Waals surface area contributed by atoms with Gasteiger partial charge in [-0.3, -0.25) is 0 Å². The van der Waals surface area contributed by atoms with Gasteiger partial charge in [-0.2, -0.15) is 4.31 Å². The first-order valence-electron chi connectivity index (χ1n) is 5.82. The molecule has 19 heavy (non-hydrogen) atoms. The molecule has 4 nitrogen and oxygen atoms in total. The summed E-state index contributed by atoms with van der Waals surface area (Å²) in [4.78, 5) is -0.347. The van der Waals surface area contributed by atoms with Crippen LogP contribution in [0.3, 0.4) is 0 Å². The molecule has 0 aliphatic heterocycles. The van der Waals surface area contributed by atoms with Gasteiger partial charge in [0, 0.05) is 13.6 Å². The van der Waals surface area contributed by atoms with Gasteiger partial charge < -0.3 is 5.32 Å². The standard InChI is InChI=1S/C13H17FN2O2S/c1-4-8-16(3)19(17,18)13-9-11(10-15-5-2)6-7-12(13)14/h1,6-7,9,15H,5,8,10H2,2-3H3. The Morgan fingerprint density at radius 3 is 2.74 bits per heavy atom. The summed E-state index contributed by atoms with van der Waals surface area (Å²) in [5.74, 6) is 1.45. The third-order valence-electron chi connectivity index (χ3n) is 2.58. The number of benzene rings is 1. The average Bonchev–Trinajstić information content (AvgIpc) is 2.37. The largest absolute Gasteiger partial charge is 0.313 e. The quantitative estimate of drug-likeness (QED) is 0.798. The summed E-state index contributed by atoms with van der Waals surface area (Å²) in [5.41, 5.74) is 0.705. The molecule has 0 heterocycles. The molecule has 0 aliphatic carbocycles. The maximum Gasteiger partial charge on any atom is 0.246 e. The molecule has 1 aromatic carbocycles. The normalized spacial score (nSPS) is 11.5. The van der Waals surface area contributed by atoms with Gasteiger partial charge in [0.05, 0.1) is 6.54 Å². The van der Waals surface area contributed by atoms with Crippen molar-refractivity contribution < 1.29 is 12.8 Å². The van der Waals surface area contributed by atoms with Gasteiger partial charge in [0.25, 0.3) is 0 Å². The van der Waals surface area contributed by atoms with Gasteiger partial charge in [-0.05, 0) is 24.2 Å². The van der Waals surface area contributed by atoms with Crippen molar-refractivity contribution in [1.29, 1.82) is 0 Å². The van der Waals surface area contributed by atoms with E-state index < -0.39 is 15.8 Å². The fraction of sp³-hybridized carbons (Fsp3) is 0.385. The molecule has 1 aromatic rings. The molecule has 0 fully saturated rings. The Morgan fingerprint density at radius 2 is 2.16 bits per heavy atom. The second-order valence-electron chi connectivity index (χ2n) is 4.01. The minimum Gasteiger partial charge on any atom is -0.313 e. The molecular formula is C13H17FN2O2S. The fourth-order valence-corrected chi connectivity index (χ4v) is 2.70. The van der Waals surface area contributed by atoms with Crippen LogP contribution in [0.2, 0.25) is 0 Å².